The molecule has 0 saturated carbocycles. The molecular weight excluding hydrogens is 212 g/mol. The number of benzene rings is 1. The average molecular weight is 234 g/mol. The van der Waals surface area contributed by atoms with Gasteiger partial charge < -0.3 is 15.4 Å². The van der Waals surface area contributed by atoms with Gasteiger partial charge >= 0.3 is 0 Å². The number of anilines is 1. The lowest BCUT2D eigenvalue weighted by Gasteiger charge is -2.34. The standard InChI is InChI=1S/C14H22N2O/c1-11(2)16-8-6-13(7-9-16)17-14-5-3-4-12(15)10-14/h3-5,10-11,13H,6-9,15H2,1-2H3. The average Bonchev–Trinajstić information content (AvgIpc) is 2.29. The van der Waals surface area contributed by atoms with Crippen LogP contribution in [0.3, 0.4) is 0 Å². The van der Waals surface area contributed by atoms with E-state index in [1.165, 1.54) is 0 Å². The summed E-state index contributed by atoms with van der Waals surface area (Å²) in [4.78, 5) is 2.50. The van der Waals surface area contributed by atoms with Gasteiger partial charge in [-0.15, -0.1) is 0 Å². The van der Waals surface area contributed by atoms with Crippen LogP contribution in [0.2, 0.25) is 0 Å². The monoisotopic (exact) mass is 234 g/mol. The van der Waals surface area contributed by atoms with Crippen LogP contribution in [-0.2, 0) is 0 Å². The highest BCUT2D eigenvalue weighted by atomic mass is 16.5. The smallest absolute Gasteiger partial charge is 0.121 e. The maximum absolute atomic E-state index is 5.96. The lowest BCUT2D eigenvalue weighted by atomic mass is 10.1. The summed E-state index contributed by atoms with van der Waals surface area (Å²) < 4.78 is 5.96. The number of hydrogen-bond acceptors (Lipinski definition) is 3. The van der Waals surface area contributed by atoms with E-state index >= 15 is 0 Å². The van der Waals surface area contributed by atoms with Crippen LogP contribution in [0.1, 0.15) is 26.7 Å². The van der Waals surface area contributed by atoms with Gasteiger partial charge in [-0.25, -0.2) is 0 Å². The molecule has 0 unspecified atom stereocenters. The van der Waals surface area contributed by atoms with E-state index in [0.29, 0.717) is 12.1 Å². The number of hydrogen-bond donors (Lipinski definition) is 1. The van der Waals surface area contributed by atoms with Crippen LogP contribution in [-0.4, -0.2) is 30.1 Å². The van der Waals surface area contributed by atoms with Gasteiger partial charge in [0.1, 0.15) is 11.9 Å². The number of piperidine rings is 1. The highest BCUT2D eigenvalue weighted by molar-refractivity contribution is 5.43. The van der Waals surface area contributed by atoms with Gasteiger partial charge in [0.15, 0.2) is 0 Å². The number of nitrogens with two attached hydrogens (primary N) is 1. The Morgan fingerprint density at radius 1 is 1.29 bits per heavy atom. The van der Waals surface area contributed by atoms with Crippen LogP contribution in [0.5, 0.6) is 5.75 Å². The van der Waals surface area contributed by atoms with E-state index in [1.807, 2.05) is 24.3 Å². The van der Waals surface area contributed by atoms with E-state index in [0.717, 1.165) is 37.4 Å². The molecule has 0 aromatic heterocycles. The predicted octanol–water partition coefficient (Wildman–Crippen LogP) is 2.52. The summed E-state index contributed by atoms with van der Waals surface area (Å²) >= 11 is 0. The fourth-order valence-corrected chi connectivity index (χ4v) is 2.29. The van der Waals surface area contributed by atoms with Crippen LogP contribution >= 0.6 is 0 Å². The maximum Gasteiger partial charge on any atom is 0.121 e. The molecule has 1 saturated heterocycles. The summed E-state index contributed by atoms with van der Waals surface area (Å²) in [6.07, 6.45) is 2.55. The predicted molar refractivity (Wildman–Crippen MR) is 71.2 cm³/mol. The first-order chi connectivity index (χ1) is 8.15. The van der Waals surface area contributed by atoms with Gasteiger partial charge in [0.05, 0.1) is 0 Å². The zero-order valence-corrected chi connectivity index (χ0v) is 10.7. The molecule has 1 heterocycles. The Kier molecular flexibility index (Phi) is 3.89. The minimum atomic E-state index is 0.340. The molecule has 1 fully saturated rings. The SMILES string of the molecule is CC(C)N1CCC(Oc2cccc(N)c2)CC1. The van der Waals surface area contributed by atoms with Gasteiger partial charge in [-0.3, -0.25) is 0 Å². The van der Waals surface area contributed by atoms with Crippen molar-refractivity contribution in [2.75, 3.05) is 18.8 Å². The van der Waals surface area contributed by atoms with Crippen molar-refractivity contribution in [2.45, 2.75) is 38.8 Å². The van der Waals surface area contributed by atoms with Gasteiger partial charge in [-0.2, -0.15) is 0 Å². The second-order valence-corrected chi connectivity index (χ2v) is 5.02. The van der Waals surface area contributed by atoms with Crippen LogP contribution in [0, 0.1) is 0 Å². The summed E-state index contributed by atoms with van der Waals surface area (Å²) in [5.41, 5.74) is 6.50. The highest BCUT2D eigenvalue weighted by Crippen LogP contribution is 2.21. The van der Waals surface area contributed by atoms with Gasteiger partial charge in [0.2, 0.25) is 0 Å². The largest absolute Gasteiger partial charge is 0.490 e. The second kappa shape index (κ2) is 5.41. The zero-order valence-electron chi connectivity index (χ0n) is 10.7. The number of rotatable bonds is 3. The Hall–Kier alpha value is -1.22. The van der Waals surface area contributed by atoms with Gasteiger partial charge in [-0.1, -0.05) is 6.07 Å². The fraction of sp³-hybridized carbons (Fsp3) is 0.571. The van der Waals surface area contributed by atoms with Gasteiger partial charge in [0, 0.05) is 30.9 Å². The number of likely N-dealkylation sites (tertiary alicyclic amines) is 1. The maximum atomic E-state index is 5.96. The zero-order chi connectivity index (χ0) is 12.3. The van der Waals surface area contributed by atoms with E-state index in [2.05, 4.69) is 18.7 Å². The molecule has 3 nitrogen and oxygen atoms in total. The Bertz CT molecular complexity index is 357. The van der Waals surface area contributed by atoms with Crippen molar-refractivity contribution in [3.63, 3.8) is 0 Å². The second-order valence-electron chi connectivity index (χ2n) is 5.02. The summed E-state index contributed by atoms with van der Waals surface area (Å²) in [5, 5.41) is 0. The van der Waals surface area contributed by atoms with Gasteiger partial charge in [-0.05, 0) is 38.8 Å². The summed E-state index contributed by atoms with van der Waals surface area (Å²) in [7, 11) is 0. The molecule has 1 aromatic rings. The normalized spacial score (nSPS) is 18.5. The van der Waals surface area contributed by atoms with E-state index in [4.69, 9.17) is 10.5 Å². The molecule has 0 amide bonds. The molecule has 2 rings (SSSR count). The van der Waals surface area contributed by atoms with Crippen molar-refractivity contribution in [3.8, 4) is 5.75 Å². The molecule has 17 heavy (non-hydrogen) atoms. The first kappa shape index (κ1) is 12.2. The molecule has 1 aromatic carbocycles. The Labute approximate surface area is 104 Å². The van der Waals surface area contributed by atoms with Crippen LogP contribution in [0.4, 0.5) is 5.69 Å². The molecule has 3 heteroatoms. The van der Waals surface area contributed by atoms with E-state index in [1.54, 1.807) is 0 Å². The minimum Gasteiger partial charge on any atom is -0.490 e. The number of nitrogen functional groups attached to an aromatic ring is 1. The third kappa shape index (κ3) is 3.37. The quantitative estimate of drug-likeness (QED) is 0.817. The molecule has 94 valence electrons. The Morgan fingerprint density at radius 2 is 2.00 bits per heavy atom. The summed E-state index contributed by atoms with van der Waals surface area (Å²) in [6.45, 7) is 6.76. The molecule has 0 aliphatic carbocycles. The molecule has 2 N–H and O–H groups in total. The van der Waals surface area contributed by atoms with Crippen molar-refractivity contribution >= 4 is 5.69 Å². The van der Waals surface area contributed by atoms with E-state index in [9.17, 15) is 0 Å². The molecule has 1 aliphatic rings. The molecular formula is C14H22N2O. The third-order valence-corrected chi connectivity index (χ3v) is 3.37. The first-order valence-corrected chi connectivity index (χ1v) is 6.41. The Morgan fingerprint density at radius 3 is 2.59 bits per heavy atom. The Balaban J connectivity index is 1.86. The topological polar surface area (TPSA) is 38.5 Å². The summed E-state index contributed by atoms with van der Waals surface area (Å²) in [5.74, 6) is 0.896. The van der Waals surface area contributed by atoms with Crippen LogP contribution in [0.25, 0.3) is 0 Å². The lowest BCUT2D eigenvalue weighted by molar-refractivity contribution is 0.0843. The van der Waals surface area contributed by atoms with Crippen molar-refractivity contribution in [1.29, 1.82) is 0 Å². The molecule has 0 bridgehead atoms. The summed E-state index contributed by atoms with van der Waals surface area (Å²) in [6, 6.07) is 8.34. The van der Waals surface area contributed by atoms with Crippen LogP contribution < -0.4 is 10.5 Å². The van der Waals surface area contributed by atoms with Gasteiger partial charge in [0.25, 0.3) is 0 Å². The molecule has 0 spiro atoms. The lowest BCUT2D eigenvalue weighted by Crippen LogP contribution is -2.41. The van der Waals surface area contributed by atoms with Crippen molar-refractivity contribution in [1.82, 2.24) is 4.90 Å². The van der Waals surface area contributed by atoms with Crippen molar-refractivity contribution < 1.29 is 4.74 Å². The third-order valence-electron chi connectivity index (χ3n) is 3.37. The highest BCUT2D eigenvalue weighted by Gasteiger charge is 2.21. The number of ether oxygens (including phenoxy) is 1. The van der Waals surface area contributed by atoms with Crippen molar-refractivity contribution in [3.05, 3.63) is 24.3 Å². The number of nitrogens with zero attached hydrogens (tertiary/aromatic N) is 1. The molecule has 1 aliphatic heterocycles. The van der Waals surface area contributed by atoms with Crippen molar-refractivity contribution in [2.24, 2.45) is 0 Å². The first-order valence-electron chi connectivity index (χ1n) is 6.41. The minimum absolute atomic E-state index is 0.340. The van der Waals surface area contributed by atoms with E-state index in [-0.39, 0.29) is 0 Å². The van der Waals surface area contributed by atoms with Crippen LogP contribution in [0.15, 0.2) is 24.3 Å². The van der Waals surface area contributed by atoms with E-state index < -0.39 is 0 Å². The molecule has 0 atom stereocenters. The fourth-order valence-electron chi connectivity index (χ4n) is 2.29. The molecule has 0 radical (unpaired) electrons.